The largest absolute Gasteiger partial charge is 0.330 e. The Bertz CT molecular complexity index is 799. The maximum Gasteiger partial charge on any atom is 0.325 e. The maximum atomic E-state index is 12.7. The van der Waals surface area contributed by atoms with E-state index in [0.29, 0.717) is 18.9 Å². The molecule has 0 bridgehead atoms. The Morgan fingerprint density at radius 2 is 1.70 bits per heavy atom. The summed E-state index contributed by atoms with van der Waals surface area (Å²) in [4.78, 5) is 20.6. The summed E-state index contributed by atoms with van der Waals surface area (Å²) in [6.07, 6.45) is 0. The van der Waals surface area contributed by atoms with Gasteiger partial charge < -0.3 is 10.2 Å². The lowest BCUT2D eigenvalue weighted by Crippen LogP contribution is -2.43. The van der Waals surface area contributed by atoms with Crippen LogP contribution in [0.2, 0.25) is 0 Å². The smallest absolute Gasteiger partial charge is 0.325 e. The molecule has 0 saturated heterocycles. The van der Waals surface area contributed by atoms with E-state index >= 15 is 0 Å². The molecule has 5 nitrogen and oxygen atoms in total. The fourth-order valence-electron chi connectivity index (χ4n) is 3.33. The SMILES string of the molecule is Br.Br.Cc1cc(C)nc(N(CCNCc2ccccc2C(C)(C)C)C(=O)N(C)C)c1. The molecule has 0 atom stereocenters. The minimum absolute atomic E-state index is 0. The van der Waals surface area contributed by atoms with Crippen molar-refractivity contribution in [2.45, 2.75) is 46.6 Å². The fraction of sp³-hybridized carbons (Fsp3) is 0.478. The van der Waals surface area contributed by atoms with E-state index in [2.05, 4.69) is 55.3 Å². The van der Waals surface area contributed by atoms with Crippen molar-refractivity contribution in [3.05, 3.63) is 58.8 Å². The van der Waals surface area contributed by atoms with Crippen LogP contribution in [-0.4, -0.2) is 43.1 Å². The predicted molar refractivity (Wildman–Crippen MR) is 138 cm³/mol. The average molecular weight is 544 g/mol. The Morgan fingerprint density at radius 3 is 2.27 bits per heavy atom. The summed E-state index contributed by atoms with van der Waals surface area (Å²) in [5, 5.41) is 3.50. The molecule has 1 aromatic heterocycles. The molecule has 1 heterocycles. The molecule has 30 heavy (non-hydrogen) atoms. The molecule has 0 saturated carbocycles. The molecule has 0 unspecified atom stereocenters. The van der Waals surface area contributed by atoms with E-state index in [-0.39, 0.29) is 45.4 Å². The molecular formula is C23H36Br2N4O. The van der Waals surface area contributed by atoms with Gasteiger partial charge in [-0.25, -0.2) is 9.78 Å². The van der Waals surface area contributed by atoms with E-state index < -0.39 is 0 Å². The van der Waals surface area contributed by atoms with E-state index in [1.54, 1.807) is 23.9 Å². The summed E-state index contributed by atoms with van der Waals surface area (Å²) in [6, 6.07) is 12.4. The van der Waals surface area contributed by atoms with Gasteiger partial charge in [0.05, 0.1) is 0 Å². The van der Waals surface area contributed by atoms with Crippen molar-refractivity contribution in [2.75, 3.05) is 32.1 Å². The Hall–Kier alpha value is -1.44. The highest BCUT2D eigenvalue weighted by molar-refractivity contribution is 8.93. The van der Waals surface area contributed by atoms with Crippen molar-refractivity contribution < 1.29 is 4.79 Å². The van der Waals surface area contributed by atoms with Crippen molar-refractivity contribution in [1.82, 2.24) is 15.2 Å². The number of hydrogen-bond acceptors (Lipinski definition) is 3. The number of rotatable bonds is 6. The topological polar surface area (TPSA) is 48.5 Å². The van der Waals surface area contributed by atoms with Gasteiger partial charge in [-0.3, -0.25) is 4.90 Å². The molecule has 168 valence electrons. The van der Waals surface area contributed by atoms with Gasteiger partial charge in [0.25, 0.3) is 0 Å². The molecule has 0 aliphatic carbocycles. The van der Waals surface area contributed by atoms with Gasteiger partial charge in [0, 0.05) is 39.4 Å². The van der Waals surface area contributed by atoms with Crippen LogP contribution >= 0.6 is 34.0 Å². The molecule has 2 rings (SSSR count). The average Bonchev–Trinajstić information content (AvgIpc) is 2.59. The lowest BCUT2D eigenvalue weighted by atomic mass is 9.84. The van der Waals surface area contributed by atoms with Gasteiger partial charge >= 0.3 is 6.03 Å². The molecule has 0 aliphatic rings. The van der Waals surface area contributed by atoms with Crippen LogP contribution in [0.15, 0.2) is 36.4 Å². The third-order valence-corrected chi connectivity index (χ3v) is 4.63. The number of aromatic nitrogens is 1. The van der Waals surface area contributed by atoms with Crippen LogP contribution in [0.5, 0.6) is 0 Å². The summed E-state index contributed by atoms with van der Waals surface area (Å²) in [7, 11) is 3.54. The lowest BCUT2D eigenvalue weighted by molar-refractivity contribution is 0.223. The van der Waals surface area contributed by atoms with E-state index in [1.165, 1.54) is 11.1 Å². The number of carbonyl (C=O) groups is 1. The Morgan fingerprint density at radius 1 is 1.07 bits per heavy atom. The Balaban J connectivity index is 0.00000420. The van der Waals surface area contributed by atoms with E-state index in [9.17, 15) is 4.79 Å². The molecule has 0 fully saturated rings. The van der Waals surface area contributed by atoms with Crippen molar-refractivity contribution in [3.8, 4) is 0 Å². The van der Waals surface area contributed by atoms with E-state index in [0.717, 1.165) is 17.8 Å². The van der Waals surface area contributed by atoms with Crippen molar-refractivity contribution in [2.24, 2.45) is 0 Å². The first kappa shape index (κ1) is 28.6. The second-order valence-electron chi connectivity index (χ2n) is 8.56. The number of nitrogens with one attached hydrogen (secondary N) is 1. The lowest BCUT2D eigenvalue weighted by Gasteiger charge is -2.26. The van der Waals surface area contributed by atoms with Crippen LogP contribution in [0.1, 0.15) is 43.2 Å². The van der Waals surface area contributed by atoms with Gasteiger partial charge in [-0.2, -0.15) is 0 Å². The Kier molecular flexibility index (Phi) is 11.8. The number of hydrogen-bond donors (Lipinski definition) is 1. The number of carbonyl (C=O) groups excluding carboxylic acids is 1. The first-order valence-electron chi connectivity index (χ1n) is 9.83. The first-order chi connectivity index (χ1) is 13.1. The molecule has 0 aliphatic heterocycles. The molecule has 2 amide bonds. The van der Waals surface area contributed by atoms with Crippen LogP contribution in [0.4, 0.5) is 10.6 Å². The number of anilines is 1. The second kappa shape index (κ2) is 12.4. The summed E-state index contributed by atoms with van der Waals surface area (Å²) < 4.78 is 0. The minimum atomic E-state index is -0.0607. The van der Waals surface area contributed by atoms with Gasteiger partial charge in [-0.15, -0.1) is 34.0 Å². The van der Waals surface area contributed by atoms with Crippen LogP contribution < -0.4 is 10.2 Å². The van der Waals surface area contributed by atoms with E-state index in [1.807, 2.05) is 26.0 Å². The molecular weight excluding hydrogens is 508 g/mol. The minimum Gasteiger partial charge on any atom is -0.330 e. The number of aryl methyl sites for hydroxylation is 2. The highest BCUT2D eigenvalue weighted by Crippen LogP contribution is 2.25. The standard InChI is InChI=1S/C23H34N4O.2BrH/c1-17-14-18(2)25-21(15-17)27(22(28)26(6)7)13-12-24-16-19-10-8-9-11-20(19)23(3,4)5;;/h8-11,14-15,24H,12-13,16H2,1-7H3;2*1H. The summed E-state index contributed by atoms with van der Waals surface area (Å²) in [6.45, 7) is 12.7. The van der Waals surface area contributed by atoms with Gasteiger partial charge in [-0.1, -0.05) is 45.0 Å². The zero-order valence-corrected chi connectivity index (χ0v) is 22.6. The summed E-state index contributed by atoms with van der Waals surface area (Å²) in [5.74, 6) is 0.702. The zero-order chi connectivity index (χ0) is 20.9. The van der Waals surface area contributed by atoms with Crippen molar-refractivity contribution >= 4 is 45.8 Å². The quantitative estimate of drug-likeness (QED) is 0.494. The monoisotopic (exact) mass is 542 g/mol. The van der Waals surface area contributed by atoms with Crippen LogP contribution in [0.25, 0.3) is 0 Å². The Labute approximate surface area is 202 Å². The third-order valence-electron chi connectivity index (χ3n) is 4.63. The van der Waals surface area contributed by atoms with E-state index in [4.69, 9.17) is 0 Å². The van der Waals surface area contributed by atoms with Gasteiger partial charge in [0.15, 0.2) is 0 Å². The second-order valence-corrected chi connectivity index (χ2v) is 8.56. The fourth-order valence-corrected chi connectivity index (χ4v) is 3.33. The molecule has 0 spiro atoms. The van der Waals surface area contributed by atoms with Crippen molar-refractivity contribution in [3.63, 3.8) is 0 Å². The van der Waals surface area contributed by atoms with Crippen molar-refractivity contribution in [1.29, 1.82) is 0 Å². The van der Waals surface area contributed by atoms with Gasteiger partial charge in [0.1, 0.15) is 5.82 Å². The molecule has 7 heteroatoms. The number of amides is 2. The van der Waals surface area contributed by atoms with Crippen LogP contribution in [0, 0.1) is 13.8 Å². The number of nitrogens with zero attached hydrogens (tertiary/aromatic N) is 3. The van der Waals surface area contributed by atoms with Crippen LogP contribution in [0.3, 0.4) is 0 Å². The maximum absolute atomic E-state index is 12.7. The summed E-state index contributed by atoms with van der Waals surface area (Å²) >= 11 is 0. The first-order valence-corrected chi connectivity index (χ1v) is 9.83. The highest BCUT2D eigenvalue weighted by atomic mass is 79.9. The number of halogens is 2. The highest BCUT2D eigenvalue weighted by Gasteiger charge is 2.20. The number of urea groups is 1. The third kappa shape index (κ3) is 8.00. The molecule has 0 radical (unpaired) electrons. The molecule has 1 aromatic carbocycles. The predicted octanol–water partition coefficient (Wildman–Crippen LogP) is 5.43. The number of pyridine rings is 1. The molecule has 1 N–H and O–H groups in total. The normalized spacial score (nSPS) is 10.6. The summed E-state index contributed by atoms with van der Waals surface area (Å²) in [5.41, 5.74) is 4.77. The zero-order valence-electron chi connectivity index (χ0n) is 19.2. The van der Waals surface area contributed by atoms with Crippen LogP contribution in [-0.2, 0) is 12.0 Å². The van der Waals surface area contributed by atoms with Gasteiger partial charge in [0.2, 0.25) is 0 Å². The molecule has 2 aromatic rings. The van der Waals surface area contributed by atoms with Gasteiger partial charge in [-0.05, 0) is 48.1 Å². The number of benzene rings is 1.